The van der Waals surface area contributed by atoms with Crippen molar-refractivity contribution in [1.29, 1.82) is 0 Å². The number of thiophene rings is 1. The monoisotopic (exact) mass is 264 g/mol. The van der Waals surface area contributed by atoms with E-state index in [9.17, 15) is 0 Å². The lowest BCUT2D eigenvalue weighted by atomic mass is 9.91. The van der Waals surface area contributed by atoms with Gasteiger partial charge >= 0.3 is 0 Å². The van der Waals surface area contributed by atoms with Gasteiger partial charge in [-0.2, -0.15) is 0 Å². The number of nitrogens with one attached hydrogen (secondary N) is 1. The molecule has 0 spiro atoms. The Balaban J connectivity index is 1.94. The van der Waals surface area contributed by atoms with E-state index in [1.54, 1.807) is 11.3 Å². The van der Waals surface area contributed by atoms with Crippen LogP contribution in [0.1, 0.15) is 41.4 Å². The standard InChI is InChI=1S/C13H16N2S2/c1-8(2)11-12-9(3-5-16-12)7-10(15-11)13-14-4-6-17-13/h3-6,8,10-11,15H,7H2,1-2H3/t10-,11-/m0/s1. The molecule has 1 N–H and O–H groups in total. The van der Waals surface area contributed by atoms with Gasteiger partial charge in [0.15, 0.2) is 0 Å². The summed E-state index contributed by atoms with van der Waals surface area (Å²) in [6.07, 6.45) is 2.98. The molecule has 0 unspecified atom stereocenters. The normalized spacial score (nSPS) is 23.9. The van der Waals surface area contributed by atoms with Gasteiger partial charge in [0.2, 0.25) is 0 Å². The summed E-state index contributed by atoms with van der Waals surface area (Å²) < 4.78 is 0. The highest BCUT2D eigenvalue weighted by Crippen LogP contribution is 2.38. The first-order chi connectivity index (χ1) is 8.25. The third-order valence-corrected chi connectivity index (χ3v) is 5.22. The van der Waals surface area contributed by atoms with Crippen molar-refractivity contribution in [1.82, 2.24) is 10.3 Å². The average molecular weight is 264 g/mol. The first kappa shape index (κ1) is 11.4. The second kappa shape index (κ2) is 4.52. The molecule has 0 fully saturated rings. The van der Waals surface area contributed by atoms with Crippen LogP contribution < -0.4 is 5.32 Å². The topological polar surface area (TPSA) is 24.9 Å². The Hall–Kier alpha value is -0.710. The van der Waals surface area contributed by atoms with Crippen LogP contribution in [-0.4, -0.2) is 4.98 Å². The van der Waals surface area contributed by atoms with Crippen LogP contribution in [0.2, 0.25) is 0 Å². The highest BCUT2D eigenvalue weighted by Gasteiger charge is 2.30. The summed E-state index contributed by atoms with van der Waals surface area (Å²) in [5.41, 5.74) is 1.51. The SMILES string of the molecule is CC(C)[C@@H]1N[C@H](c2nccs2)Cc2ccsc21. The van der Waals surface area contributed by atoms with Gasteiger partial charge in [-0.05, 0) is 29.3 Å². The lowest BCUT2D eigenvalue weighted by Crippen LogP contribution is -2.35. The van der Waals surface area contributed by atoms with Gasteiger partial charge in [-0.1, -0.05) is 13.8 Å². The molecule has 0 amide bonds. The van der Waals surface area contributed by atoms with Gasteiger partial charge in [0.1, 0.15) is 5.01 Å². The summed E-state index contributed by atoms with van der Waals surface area (Å²) >= 11 is 3.63. The molecule has 0 radical (unpaired) electrons. The summed E-state index contributed by atoms with van der Waals surface area (Å²) in [6.45, 7) is 4.57. The Morgan fingerprint density at radius 2 is 2.24 bits per heavy atom. The van der Waals surface area contributed by atoms with Crippen LogP contribution in [0.4, 0.5) is 0 Å². The summed E-state index contributed by atoms with van der Waals surface area (Å²) in [5.74, 6) is 0.621. The van der Waals surface area contributed by atoms with Crippen molar-refractivity contribution >= 4 is 22.7 Å². The number of rotatable bonds is 2. The van der Waals surface area contributed by atoms with Crippen molar-refractivity contribution in [3.05, 3.63) is 38.5 Å². The molecule has 2 aromatic rings. The first-order valence-electron chi connectivity index (χ1n) is 5.97. The zero-order chi connectivity index (χ0) is 11.8. The molecule has 0 aromatic carbocycles. The molecule has 2 atom stereocenters. The van der Waals surface area contributed by atoms with Gasteiger partial charge in [-0.25, -0.2) is 4.98 Å². The van der Waals surface area contributed by atoms with E-state index in [1.807, 2.05) is 17.5 Å². The van der Waals surface area contributed by atoms with E-state index in [4.69, 9.17) is 0 Å². The highest BCUT2D eigenvalue weighted by atomic mass is 32.1. The smallest absolute Gasteiger partial charge is 0.110 e. The summed E-state index contributed by atoms with van der Waals surface area (Å²) in [6, 6.07) is 3.15. The van der Waals surface area contributed by atoms with E-state index in [2.05, 4.69) is 41.0 Å². The molecule has 17 heavy (non-hydrogen) atoms. The van der Waals surface area contributed by atoms with Crippen LogP contribution in [0.3, 0.4) is 0 Å². The maximum atomic E-state index is 4.45. The van der Waals surface area contributed by atoms with Crippen LogP contribution in [-0.2, 0) is 6.42 Å². The predicted octanol–water partition coefficient (Wildman–Crippen LogP) is 3.79. The number of hydrogen-bond acceptors (Lipinski definition) is 4. The second-order valence-electron chi connectivity index (χ2n) is 4.83. The average Bonchev–Trinajstić information content (AvgIpc) is 2.98. The molecule has 2 aromatic heterocycles. The van der Waals surface area contributed by atoms with Crippen LogP contribution in [0, 0.1) is 5.92 Å². The molecule has 0 saturated heterocycles. The van der Waals surface area contributed by atoms with Crippen molar-refractivity contribution in [3.8, 4) is 0 Å². The minimum absolute atomic E-state index is 0.393. The number of thiazole rings is 1. The van der Waals surface area contributed by atoms with E-state index in [0.717, 1.165) is 6.42 Å². The third-order valence-electron chi connectivity index (χ3n) is 3.28. The Morgan fingerprint density at radius 1 is 1.35 bits per heavy atom. The van der Waals surface area contributed by atoms with Gasteiger partial charge < -0.3 is 0 Å². The fraction of sp³-hybridized carbons (Fsp3) is 0.462. The van der Waals surface area contributed by atoms with Crippen LogP contribution >= 0.6 is 22.7 Å². The molecule has 1 aliphatic rings. The first-order valence-corrected chi connectivity index (χ1v) is 7.73. The minimum atomic E-state index is 0.393. The molecule has 4 heteroatoms. The summed E-state index contributed by atoms with van der Waals surface area (Å²) in [7, 11) is 0. The molecule has 0 saturated carbocycles. The fourth-order valence-corrected chi connectivity index (χ4v) is 4.29. The molecule has 90 valence electrons. The van der Waals surface area contributed by atoms with Gasteiger partial charge in [0.05, 0.1) is 6.04 Å². The lowest BCUT2D eigenvalue weighted by molar-refractivity contribution is 0.343. The fourth-order valence-electron chi connectivity index (χ4n) is 2.42. The zero-order valence-corrected chi connectivity index (χ0v) is 11.6. The second-order valence-corrected chi connectivity index (χ2v) is 6.70. The molecule has 0 bridgehead atoms. The number of nitrogens with zero attached hydrogens (tertiary/aromatic N) is 1. The predicted molar refractivity (Wildman–Crippen MR) is 73.6 cm³/mol. The summed E-state index contributed by atoms with van der Waals surface area (Å²) in [4.78, 5) is 5.97. The number of hydrogen-bond donors (Lipinski definition) is 1. The maximum Gasteiger partial charge on any atom is 0.110 e. The zero-order valence-electron chi connectivity index (χ0n) is 10.0. The molecular formula is C13H16N2S2. The van der Waals surface area contributed by atoms with Crippen molar-refractivity contribution in [2.45, 2.75) is 32.4 Å². The highest BCUT2D eigenvalue weighted by molar-refractivity contribution is 7.10. The van der Waals surface area contributed by atoms with E-state index in [0.29, 0.717) is 18.0 Å². The molecule has 3 rings (SSSR count). The van der Waals surface area contributed by atoms with Crippen molar-refractivity contribution in [2.75, 3.05) is 0 Å². The molecule has 0 aliphatic carbocycles. The van der Waals surface area contributed by atoms with Crippen molar-refractivity contribution in [2.24, 2.45) is 5.92 Å². The number of aromatic nitrogens is 1. The molecule has 1 aliphatic heterocycles. The van der Waals surface area contributed by atoms with Gasteiger partial charge in [-0.3, -0.25) is 5.32 Å². The van der Waals surface area contributed by atoms with Crippen LogP contribution in [0.5, 0.6) is 0 Å². The quantitative estimate of drug-likeness (QED) is 0.892. The van der Waals surface area contributed by atoms with E-state index in [1.165, 1.54) is 15.4 Å². The van der Waals surface area contributed by atoms with Gasteiger partial charge in [0.25, 0.3) is 0 Å². The Kier molecular flexibility index (Phi) is 3.03. The minimum Gasteiger partial charge on any atom is -0.300 e. The van der Waals surface area contributed by atoms with Crippen molar-refractivity contribution in [3.63, 3.8) is 0 Å². The Labute approximate surface area is 110 Å². The molecule has 2 nitrogen and oxygen atoms in total. The van der Waals surface area contributed by atoms with Gasteiger partial charge in [0, 0.05) is 22.5 Å². The maximum absolute atomic E-state index is 4.45. The van der Waals surface area contributed by atoms with Crippen LogP contribution in [0.25, 0.3) is 0 Å². The lowest BCUT2D eigenvalue weighted by Gasteiger charge is -2.32. The van der Waals surface area contributed by atoms with Crippen molar-refractivity contribution < 1.29 is 0 Å². The third kappa shape index (κ3) is 2.05. The van der Waals surface area contributed by atoms with Crippen LogP contribution in [0.15, 0.2) is 23.0 Å². The Morgan fingerprint density at radius 3 is 2.94 bits per heavy atom. The molecular weight excluding hydrogens is 248 g/mol. The molecule has 3 heterocycles. The summed E-state index contributed by atoms with van der Waals surface area (Å²) in [5, 5.41) is 9.25. The van der Waals surface area contributed by atoms with E-state index in [-0.39, 0.29) is 0 Å². The van der Waals surface area contributed by atoms with Gasteiger partial charge in [-0.15, -0.1) is 22.7 Å². The largest absolute Gasteiger partial charge is 0.300 e. The Bertz CT molecular complexity index is 487. The van der Waals surface area contributed by atoms with E-state index < -0.39 is 0 Å². The number of fused-ring (bicyclic) bond motifs is 1. The van der Waals surface area contributed by atoms with E-state index >= 15 is 0 Å².